The number of hydrogen-bond acceptors (Lipinski definition) is 6. The summed E-state index contributed by atoms with van der Waals surface area (Å²) >= 11 is 0. The van der Waals surface area contributed by atoms with Crippen molar-refractivity contribution in [1.82, 2.24) is 10.2 Å². The van der Waals surface area contributed by atoms with Crippen LogP contribution >= 0.6 is 0 Å². The second-order valence-electron chi connectivity index (χ2n) is 8.48. The number of carbonyl (C=O) groups excluding carboxylic acids is 2. The molecule has 0 radical (unpaired) electrons. The summed E-state index contributed by atoms with van der Waals surface area (Å²) in [5.41, 5.74) is 2.57. The molecule has 0 aliphatic carbocycles. The zero-order chi connectivity index (χ0) is 26.8. The number of methoxy groups -OCH3 is 4. The first-order chi connectivity index (χ1) is 17.9. The molecule has 0 spiro atoms. The van der Waals surface area contributed by atoms with Crippen molar-refractivity contribution in [3.8, 4) is 23.0 Å². The molecular formula is C29H34N2O6. The first kappa shape index (κ1) is 27.4. The van der Waals surface area contributed by atoms with E-state index in [9.17, 15) is 9.59 Å². The Hall–Kier alpha value is -4.20. The lowest BCUT2D eigenvalue weighted by Crippen LogP contribution is -2.48. The van der Waals surface area contributed by atoms with Crippen molar-refractivity contribution < 1.29 is 28.5 Å². The van der Waals surface area contributed by atoms with Gasteiger partial charge in [-0.2, -0.15) is 0 Å². The summed E-state index contributed by atoms with van der Waals surface area (Å²) in [5, 5.41) is 2.94. The third-order valence-corrected chi connectivity index (χ3v) is 6.11. The Morgan fingerprint density at radius 1 is 0.730 bits per heavy atom. The van der Waals surface area contributed by atoms with Gasteiger partial charge in [0.2, 0.25) is 11.8 Å². The first-order valence-corrected chi connectivity index (χ1v) is 11.9. The summed E-state index contributed by atoms with van der Waals surface area (Å²) in [4.78, 5) is 28.2. The van der Waals surface area contributed by atoms with Gasteiger partial charge in [-0.15, -0.1) is 0 Å². The predicted molar refractivity (Wildman–Crippen MR) is 141 cm³/mol. The van der Waals surface area contributed by atoms with E-state index in [0.717, 1.165) is 28.2 Å². The zero-order valence-corrected chi connectivity index (χ0v) is 21.9. The van der Waals surface area contributed by atoms with E-state index in [0.29, 0.717) is 18.0 Å². The molecule has 3 rings (SSSR count). The number of benzene rings is 3. The van der Waals surface area contributed by atoms with Crippen molar-refractivity contribution >= 4 is 11.8 Å². The summed E-state index contributed by atoms with van der Waals surface area (Å²) in [5.74, 6) is 2.16. The Bertz CT molecular complexity index is 1180. The second-order valence-corrected chi connectivity index (χ2v) is 8.48. The number of nitrogens with one attached hydrogen (secondary N) is 1. The van der Waals surface area contributed by atoms with Crippen LogP contribution in [-0.2, 0) is 29.1 Å². The fraction of sp³-hybridized carbons (Fsp3) is 0.310. The summed E-state index contributed by atoms with van der Waals surface area (Å²) < 4.78 is 21.1. The van der Waals surface area contributed by atoms with Crippen LogP contribution < -0.4 is 24.3 Å². The van der Waals surface area contributed by atoms with Gasteiger partial charge in [0.15, 0.2) is 11.5 Å². The van der Waals surface area contributed by atoms with Gasteiger partial charge in [0.05, 0.1) is 34.9 Å². The number of hydrogen-bond donors (Lipinski definition) is 1. The highest BCUT2D eigenvalue weighted by atomic mass is 16.5. The minimum Gasteiger partial charge on any atom is -0.497 e. The molecule has 196 valence electrons. The van der Waals surface area contributed by atoms with Crippen molar-refractivity contribution in [3.63, 3.8) is 0 Å². The molecule has 1 atom stereocenters. The van der Waals surface area contributed by atoms with Crippen molar-refractivity contribution in [1.29, 1.82) is 0 Å². The van der Waals surface area contributed by atoms with Gasteiger partial charge in [-0.3, -0.25) is 9.59 Å². The summed E-state index contributed by atoms with van der Waals surface area (Å²) in [7, 11) is 6.32. The van der Waals surface area contributed by atoms with Crippen LogP contribution in [0.4, 0.5) is 0 Å². The normalized spacial score (nSPS) is 11.3. The molecule has 2 amide bonds. The number of rotatable bonds is 12. The van der Waals surface area contributed by atoms with Crippen LogP contribution in [0.1, 0.15) is 23.6 Å². The molecule has 37 heavy (non-hydrogen) atoms. The molecule has 1 N–H and O–H groups in total. The number of ether oxygens (including phenoxy) is 4. The molecular weight excluding hydrogens is 472 g/mol. The smallest absolute Gasteiger partial charge is 0.242 e. The number of carbonyl (C=O) groups is 2. The number of amides is 2. The third kappa shape index (κ3) is 7.39. The van der Waals surface area contributed by atoms with Crippen molar-refractivity contribution in [2.45, 2.75) is 32.5 Å². The molecule has 0 aromatic heterocycles. The molecule has 0 aliphatic rings. The highest BCUT2D eigenvalue weighted by Gasteiger charge is 2.26. The minimum absolute atomic E-state index is 0.104. The predicted octanol–water partition coefficient (Wildman–Crippen LogP) is 4.00. The van der Waals surface area contributed by atoms with E-state index in [1.54, 1.807) is 52.4 Å². The molecule has 8 nitrogen and oxygen atoms in total. The molecule has 0 saturated carbocycles. The maximum absolute atomic E-state index is 13.5. The summed E-state index contributed by atoms with van der Waals surface area (Å²) in [6, 6.07) is 19.6. The van der Waals surface area contributed by atoms with E-state index in [-0.39, 0.29) is 24.8 Å². The standard InChI is InChI=1S/C29H34N2O6/c1-20(29(33)30-18-21-6-11-24(34-2)12-7-21)31(19-22-8-13-25(35-3)14-9-22)28(32)17-23-10-15-26(36-4)27(16-23)37-5/h6-16,20H,17-19H2,1-5H3,(H,30,33)/t20-/m0/s1. The van der Waals surface area contributed by atoms with Crippen LogP contribution in [0.2, 0.25) is 0 Å². The highest BCUT2D eigenvalue weighted by molar-refractivity contribution is 5.88. The average Bonchev–Trinajstić information content (AvgIpc) is 2.94. The maximum atomic E-state index is 13.5. The zero-order valence-electron chi connectivity index (χ0n) is 21.9. The van der Waals surface area contributed by atoms with E-state index in [2.05, 4.69) is 5.32 Å². The summed E-state index contributed by atoms with van der Waals surface area (Å²) in [6.45, 7) is 2.35. The largest absolute Gasteiger partial charge is 0.497 e. The quantitative estimate of drug-likeness (QED) is 0.400. The molecule has 0 aliphatic heterocycles. The molecule has 3 aromatic carbocycles. The van der Waals surface area contributed by atoms with E-state index < -0.39 is 6.04 Å². The van der Waals surface area contributed by atoms with Gasteiger partial charge in [-0.1, -0.05) is 30.3 Å². The van der Waals surface area contributed by atoms with Crippen LogP contribution in [0.5, 0.6) is 23.0 Å². The Kier molecular flexibility index (Phi) is 9.77. The molecule has 0 fully saturated rings. The topological polar surface area (TPSA) is 86.3 Å². The van der Waals surface area contributed by atoms with Gasteiger partial charge < -0.3 is 29.2 Å². The third-order valence-electron chi connectivity index (χ3n) is 6.11. The highest BCUT2D eigenvalue weighted by Crippen LogP contribution is 2.28. The van der Waals surface area contributed by atoms with Gasteiger partial charge >= 0.3 is 0 Å². The van der Waals surface area contributed by atoms with Crippen LogP contribution in [0, 0.1) is 0 Å². The van der Waals surface area contributed by atoms with Crippen LogP contribution in [0.15, 0.2) is 66.7 Å². The molecule has 3 aromatic rings. The fourth-order valence-corrected chi connectivity index (χ4v) is 3.86. The monoisotopic (exact) mass is 506 g/mol. The maximum Gasteiger partial charge on any atom is 0.242 e. The van der Waals surface area contributed by atoms with Crippen LogP contribution in [0.25, 0.3) is 0 Å². The van der Waals surface area contributed by atoms with Gasteiger partial charge in [-0.25, -0.2) is 0 Å². The van der Waals surface area contributed by atoms with Crippen molar-refractivity contribution in [2.75, 3.05) is 28.4 Å². The molecule has 0 heterocycles. The molecule has 0 unspecified atom stereocenters. The van der Waals surface area contributed by atoms with E-state index >= 15 is 0 Å². The Balaban J connectivity index is 1.77. The van der Waals surface area contributed by atoms with E-state index in [1.165, 1.54) is 0 Å². The fourth-order valence-electron chi connectivity index (χ4n) is 3.86. The van der Waals surface area contributed by atoms with Gasteiger partial charge in [-0.05, 0) is 60.0 Å². The minimum atomic E-state index is -0.701. The van der Waals surface area contributed by atoms with E-state index in [1.807, 2.05) is 54.6 Å². The van der Waals surface area contributed by atoms with Crippen molar-refractivity contribution in [2.24, 2.45) is 0 Å². The lowest BCUT2D eigenvalue weighted by atomic mass is 10.1. The molecule has 0 bridgehead atoms. The van der Waals surface area contributed by atoms with Gasteiger partial charge in [0.1, 0.15) is 17.5 Å². The SMILES string of the molecule is COc1ccc(CNC(=O)[C@H](C)N(Cc2ccc(OC)cc2)C(=O)Cc2ccc(OC)c(OC)c2)cc1. The van der Waals surface area contributed by atoms with Crippen molar-refractivity contribution in [3.05, 3.63) is 83.4 Å². The van der Waals surface area contributed by atoms with Gasteiger partial charge in [0.25, 0.3) is 0 Å². The van der Waals surface area contributed by atoms with Gasteiger partial charge in [0, 0.05) is 13.1 Å². The molecule has 8 heteroatoms. The first-order valence-electron chi connectivity index (χ1n) is 11.9. The average molecular weight is 507 g/mol. The Morgan fingerprint density at radius 2 is 1.27 bits per heavy atom. The lowest BCUT2D eigenvalue weighted by molar-refractivity contribution is -0.140. The lowest BCUT2D eigenvalue weighted by Gasteiger charge is -2.29. The van der Waals surface area contributed by atoms with E-state index in [4.69, 9.17) is 18.9 Å². The molecule has 0 saturated heterocycles. The second kappa shape index (κ2) is 13.2. The number of nitrogens with zero attached hydrogens (tertiary/aromatic N) is 1. The van der Waals surface area contributed by atoms with Crippen LogP contribution in [-0.4, -0.2) is 51.2 Å². The Labute approximate surface area is 218 Å². The van der Waals surface area contributed by atoms with Crippen LogP contribution in [0.3, 0.4) is 0 Å². The Morgan fingerprint density at radius 3 is 1.81 bits per heavy atom. The summed E-state index contributed by atoms with van der Waals surface area (Å²) in [6.07, 6.45) is 0.104.